The van der Waals surface area contributed by atoms with Crippen LogP contribution in [-0.2, 0) is 14.3 Å². The maximum Gasteiger partial charge on any atom is 0.203 e. The fourth-order valence-corrected chi connectivity index (χ4v) is 5.97. The zero-order chi connectivity index (χ0) is 29.8. The van der Waals surface area contributed by atoms with Crippen LogP contribution in [0.25, 0.3) is 0 Å². The molecule has 0 saturated carbocycles. The first-order valence-corrected chi connectivity index (χ1v) is 14.4. The third-order valence-electron chi connectivity index (χ3n) is 8.96. The van der Waals surface area contributed by atoms with Crippen molar-refractivity contribution in [3.63, 3.8) is 0 Å². The molecule has 9 nitrogen and oxygen atoms in total. The lowest BCUT2D eigenvalue weighted by molar-refractivity contribution is -0.302. The van der Waals surface area contributed by atoms with E-state index in [1.54, 1.807) is 0 Å². The molecule has 3 rings (SSSR count). The smallest absolute Gasteiger partial charge is 0.203 e. The first kappa shape index (κ1) is 32.7. The van der Waals surface area contributed by atoms with Crippen LogP contribution in [0.1, 0.15) is 73.1 Å². The molecule has 0 aromatic carbocycles. The van der Waals surface area contributed by atoms with Crippen molar-refractivity contribution in [1.29, 1.82) is 0 Å². The van der Waals surface area contributed by atoms with Gasteiger partial charge in [-0.2, -0.15) is 0 Å². The summed E-state index contributed by atoms with van der Waals surface area (Å²) in [5.41, 5.74) is 2.89. The maximum atomic E-state index is 13.6. The highest BCUT2D eigenvalue weighted by Gasteiger charge is 2.52. The normalized spacial score (nSPS) is 41.5. The number of ether oxygens (including phenoxy) is 2. The van der Waals surface area contributed by atoms with Gasteiger partial charge in [-0.25, -0.2) is 0 Å². The van der Waals surface area contributed by atoms with Gasteiger partial charge in [-0.05, 0) is 70.4 Å². The minimum Gasteiger partial charge on any atom is -0.504 e. The number of hydrogen-bond acceptors (Lipinski definition) is 9. The molecule has 1 saturated heterocycles. The van der Waals surface area contributed by atoms with Crippen LogP contribution in [0.3, 0.4) is 0 Å². The standard InChI is InChI=1S/C31H48O9/c1-17-7-6-8-18(2)13-14-31(5)21(11-10-19(3)22(33)12-9-17)24(26(35)29(31)38)20(4)16-39-30-28(37)27(36)25(34)23(15-32)40-30/h7,10,13,20-23,25,27-28,30,32-37H,6,8-9,11-12,14-16H2,1-5H3/b17-7-,18-13+,19-10+/t20-,21-,22+,23-,25-,27+,28-,30+,31+/m1/s1. The summed E-state index contributed by atoms with van der Waals surface area (Å²) >= 11 is 0. The van der Waals surface area contributed by atoms with Gasteiger partial charge in [0.15, 0.2) is 12.0 Å². The molecule has 40 heavy (non-hydrogen) atoms. The van der Waals surface area contributed by atoms with Crippen LogP contribution in [0.15, 0.2) is 46.3 Å². The van der Waals surface area contributed by atoms with Crippen LogP contribution in [0.2, 0.25) is 0 Å². The Labute approximate surface area is 237 Å². The first-order chi connectivity index (χ1) is 18.8. The van der Waals surface area contributed by atoms with E-state index in [0.29, 0.717) is 24.8 Å². The van der Waals surface area contributed by atoms with Crippen molar-refractivity contribution < 1.29 is 44.9 Å². The van der Waals surface area contributed by atoms with Crippen LogP contribution in [0, 0.1) is 17.3 Å². The van der Waals surface area contributed by atoms with Crippen molar-refractivity contribution in [1.82, 2.24) is 0 Å². The minimum atomic E-state index is -1.56. The molecule has 0 bridgehead atoms. The largest absolute Gasteiger partial charge is 0.504 e. The summed E-state index contributed by atoms with van der Waals surface area (Å²) in [6.45, 7) is 9.09. The molecule has 1 fully saturated rings. The third kappa shape index (κ3) is 7.13. The Hall–Kier alpha value is -1.85. The molecule has 1 aliphatic heterocycles. The Morgan fingerprint density at radius 2 is 1.70 bits per heavy atom. The van der Waals surface area contributed by atoms with Crippen molar-refractivity contribution in [2.24, 2.45) is 17.3 Å². The molecule has 0 aromatic rings. The Morgan fingerprint density at radius 1 is 1.02 bits per heavy atom. The van der Waals surface area contributed by atoms with Crippen molar-refractivity contribution in [3.8, 4) is 0 Å². The molecule has 0 amide bonds. The van der Waals surface area contributed by atoms with Gasteiger partial charge in [-0.1, -0.05) is 43.2 Å². The topological polar surface area (TPSA) is 157 Å². The molecule has 9 atom stereocenters. The highest BCUT2D eigenvalue weighted by atomic mass is 16.7. The van der Waals surface area contributed by atoms with Gasteiger partial charge in [0.05, 0.1) is 19.3 Å². The van der Waals surface area contributed by atoms with Crippen LogP contribution < -0.4 is 0 Å². The Balaban J connectivity index is 1.87. The van der Waals surface area contributed by atoms with Crippen molar-refractivity contribution in [3.05, 3.63) is 46.3 Å². The van der Waals surface area contributed by atoms with Crippen LogP contribution in [0.4, 0.5) is 0 Å². The van der Waals surface area contributed by atoms with Gasteiger partial charge >= 0.3 is 0 Å². The lowest BCUT2D eigenvalue weighted by Gasteiger charge is -2.40. The van der Waals surface area contributed by atoms with E-state index in [2.05, 4.69) is 26.0 Å². The van der Waals surface area contributed by atoms with Crippen LogP contribution in [-0.4, -0.2) is 86.4 Å². The number of aliphatic hydroxyl groups is 6. The number of fused-ring (bicyclic) bond motifs is 1. The summed E-state index contributed by atoms with van der Waals surface area (Å²) in [5.74, 6) is -1.43. The lowest BCUT2D eigenvalue weighted by Crippen LogP contribution is -2.59. The predicted molar refractivity (Wildman–Crippen MR) is 150 cm³/mol. The Kier molecular flexibility index (Phi) is 11.3. The quantitative estimate of drug-likeness (QED) is 0.276. The van der Waals surface area contributed by atoms with Gasteiger partial charge in [-0.15, -0.1) is 0 Å². The molecule has 6 N–H and O–H groups in total. The monoisotopic (exact) mass is 564 g/mol. The molecule has 1 heterocycles. The van der Waals surface area contributed by atoms with Crippen molar-refractivity contribution >= 4 is 5.78 Å². The highest BCUT2D eigenvalue weighted by Crippen LogP contribution is 2.51. The average molecular weight is 565 g/mol. The van der Waals surface area contributed by atoms with Gasteiger partial charge in [0, 0.05) is 17.3 Å². The first-order valence-electron chi connectivity index (χ1n) is 14.4. The van der Waals surface area contributed by atoms with E-state index in [-0.39, 0.29) is 24.1 Å². The number of ketones is 1. The predicted octanol–water partition coefficient (Wildman–Crippen LogP) is 3.01. The van der Waals surface area contributed by atoms with Crippen LogP contribution in [0.5, 0.6) is 0 Å². The summed E-state index contributed by atoms with van der Waals surface area (Å²) in [7, 11) is 0. The summed E-state index contributed by atoms with van der Waals surface area (Å²) in [6.07, 6.45) is 2.69. The molecule has 0 radical (unpaired) electrons. The van der Waals surface area contributed by atoms with E-state index < -0.39 is 54.7 Å². The number of Topliss-reactive ketones (excluding diaryl/α,β-unsaturated/α-hetero) is 1. The van der Waals surface area contributed by atoms with E-state index in [1.165, 1.54) is 11.1 Å². The average Bonchev–Trinajstić information content (AvgIpc) is 3.11. The van der Waals surface area contributed by atoms with Gasteiger partial charge in [-0.3, -0.25) is 4.79 Å². The Morgan fingerprint density at radius 3 is 2.38 bits per heavy atom. The number of aliphatic hydroxyl groups excluding tert-OH is 6. The SMILES string of the molecule is C/C1=C/CC/C(C)=C/C[C@]2(C)C(=O)C(O)=C([C@H](C)CO[C@H]3O[C@H](CO)[C@@H](O)[C@H](O)[C@H]3O)[C@H]2C/C=C(\C)[C@@H](O)CC1. The molecule has 0 aromatic heterocycles. The van der Waals surface area contributed by atoms with Crippen molar-refractivity contribution in [2.75, 3.05) is 13.2 Å². The van der Waals surface area contributed by atoms with Gasteiger partial charge in [0.1, 0.15) is 24.4 Å². The van der Waals surface area contributed by atoms with E-state index in [4.69, 9.17) is 9.47 Å². The van der Waals surface area contributed by atoms with Gasteiger partial charge < -0.3 is 40.1 Å². The molecule has 3 aliphatic rings. The minimum absolute atomic E-state index is 0.0485. The highest BCUT2D eigenvalue weighted by molar-refractivity contribution is 6.02. The molecular weight excluding hydrogens is 516 g/mol. The second-order valence-electron chi connectivity index (χ2n) is 12.1. The number of rotatable bonds is 5. The van der Waals surface area contributed by atoms with Crippen LogP contribution >= 0.6 is 0 Å². The zero-order valence-corrected chi connectivity index (χ0v) is 24.4. The van der Waals surface area contributed by atoms with E-state index in [1.807, 2.05) is 26.8 Å². The van der Waals surface area contributed by atoms with E-state index >= 15 is 0 Å². The second-order valence-corrected chi connectivity index (χ2v) is 12.1. The zero-order valence-electron chi connectivity index (χ0n) is 24.4. The third-order valence-corrected chi connectivity index (χ3v) is 8.96. The Bertz CT molecular complexity index is 1030. The maximum absolute atomic E-state index is 13.6. The summed E-state index contributed by atoms with van der Waals surface area (Å²) in [4.78, 5) is 13.6. The summed E-state index contributed by atoms with van der Waals surface area (Å²) in [6, 6.07) is 0. The number of carbonyl (C=O) groups excluding carboxylic acids is 1. The molecular formula is C31H48O9. The molecule has 2 aliphatic carbocycles. The molecule has 0 unspecified atom stereocenters. The van der Waals surface area contributed by atoms with E-state index in [9.17, 15) is 35.4 Å². The number of carbonyl (C=O) groups is 1. The molecule has 0 spiro atoms. The van der Waals surface area contributed by atoms with E-state index in [0.717, 1.165) is 24.8 Å². The number of hydrogen-bond donors (Lipinski definition) is 6. The summed E-state index contributed by atoms with van der Waals surface area (Å²) < 4.78 is 11.2. The fraction of sp³-hybridized carbons (Fsp3) is 0.710. The fourth-order valence-electron chi connectivity index (χ4n) is 5.97. The second kappa shape index (κ2) is 13.9. The van der Waals surface area contributed by atoms with Gasteiger partial charge in [0.25, 0.3) is 0 Å². The molecule has 9 heteroatoms. The van der Waals surface area contributed by atoms with Gasteiger partial charge in [0.2, 0.25) is 5.78 Å². The summed E-state index contributed by atoms with van der Waals surface area (Å²) in [5, 5.41) is 61.9. The lowest BCUT2D eigenvalue weighted by atomic mass is 9.70. The van der Waals surface area contributed by atoms with Crippen molar-refractivity contribution in [2.45, 2.75) is 110 Å². The molecule has 226 valence electrons. The number of allylic oxidation sites excluding steroid dienone is 6.